The van der Waals surface area contributed by atoms with Crippen molar-refractivity contribution >= 4 is 28.5 Å². The van der Waals surface area contributed by atoms with E-state index < -0.39 is 0 Å². The van der Waals surface area contributed by atoms with Gasteiger partial charge in [0, 0.05) is 35.3 Å². The number of ether oxygens (including phenoxy) is 1. The lowest BCUT2D eigenvalue weighted by molar-refractivity contribution is -0.137. The lowest BCUT2D eigenvalue weighted by Crippen LogP contribution is -2.04. The minimum Gasteiger partial charge on any atom is -0.463 e. The van der Waals surface area contributed by atoms with Gasteiger partial charge in [0.25, 0.3) is 0 Å². The molecule has 0 unspecified atom stereocenters. The van der Waals surface area contributed by atoms with Gasteiger partial charge in [-0.25, -0.2) is 4.79 Å². The van der Waals surface area contributed by atoms with Crippen molar-refractivity contribution in [1.82, 2.24) is 14.3 Å². The van der Waals surface area contributed by atoms with E-state index in [-0.39, 0.29) is 5.97 Å². The Bertz CT molecular complexity index is 953. The summed E-state index contributed by atoms with van der Waals surface area (Å²) in [6, 6.07) is 7.85. The molecular weight excluding hydrogens is 338 g/mol. The van der Waals surface area contributed by atoms with Crippen LogP contribution in [0.5, 0.6) is 0 Å². The summed E-state index contributed by atoms with van der Waals surface area (Å²) in [5.41, 5.74) is 3.06. The zero-order valence-corrected chi connectivity index (χ0v) is 15.2. The summed E-state index contributed by atoms with van der Waals surface area (Å²) in [5.74, 6) is 0.648. The van der Waals surface area contributed by atoms with E-state index >= 15 is 0 Å². The minimum atomic E-state index is -0.327. The van der Waals surface area contributed by atoms with Crippen LogP contribution in [0.2, 0.25) is 5.02 Å². The second kappa shape index (κ2) is 7.15. The Morgan fingerprint density at radius 2 is 2.16 bits per heavy atom. The fourth-order valence-electron chi connectivity index (χ4n) is 2.99. The summed E-state index contributed by atoms with van der Waals surface area (Å²) in [4.78, 5) is 11.5. The van der Waals surface area contributed by atoms with Gasteiger partial charge in [-0.2, -0.15) is 5.10 Å². The lowest BCUT2D eigenvalue weighted by atomic mass is 10.1. The third kappa shape index (κ3) is 3.46. The maximum absolute atomic E-state index is 11.5. The van der Waals surface area contributed by atoms with Gasteiger partial charge in [0.2, 0.25) is 0 Å². The van der Waals surface area contributed by atoms with Gasteiger partial charge in [0.05, 0.1) is 17.8 Å². The Balaban J connectivity index is 2.00. The SMILES string of the molecule is CCOC(=O)C=CCc1c(C)nn(C)c1-n1ccc2cc(Cl)ccc21. The number of rotatable bonds is 5. The van der Waals surface area contributed by atoms with Crippen molar-refractivity contribution < 1.29 is 9.53 Å². The van der Waals surface area contributed by atoms with Crippen LogP contribution >= 0.6 is 11.6 Å². The molecule has 0 bridgehead atoms. The number of carbonyl (C=O) groups is 1. The summed E-state index contributed by atoms with van der Waals surface area (Å²) >= 11 is 6.08. The molecule has 2 heterocycles. The monoisotopic (exact) mass is 357 g/mol. The van der Waals surface area contributed by atoms with Gasteiger partial charge in [-0.15, -0.1) is 0 Å². The topological polar surface area (TPSA) is 49.0 Å². The maximum atomic E-state index is 11.5. The molecule has 0 saturated carbocycles. The van der Waals surface area contributed by atoms with E-state index in [0.717, 1.165) is 28.0 Å². The van der Waals surface area contributed by atoms with Crippen molar-refractivity contribution in [3.63, 3.8) is 0 Å². The number of hydrogen-bond acceptors (Lipinski definition) is 3. The number of aryl methyl sites for hydroxylation is 2. The molecule has 0 fully saturated rings. The summed E-state index contributed by atoms with van der Waals surface area (Å²) in [6.07, 6.45) is 5.89. The first-order valence-electron chi connectivity index (χ1n) is 8.14. The molecule has 0 amide bonds. The van der Waals surface area contributed by atoms with Gasteiger partial charge in [-0.3, -0.25) is 4.68 Å². The minimum absolute atomic E-state index is 0.327. The van der Waals surface area contributed by atoms with Gasteiger partial charge >= 0.3 is 5.97 Å². The van der Waals surface area contributed by atoms with Crippen molar-refractivity contribution in [3.05, 3.63) is 58.9 Å². The first kappa shape index (κ1) is 17.3. The van der Waals surface area contributed by atoms with Crippen LogP contribution in [0.4, 0.5) is 0 Å². The standard InChI is InChI=1S/C19H20ClN3O2/c1-4-25-18(24)7-5-6-16-13(2)21-22(3)19(16)23-11-10-14-12-15(20)8-9-17(14)23/h5,7-12H,4,6H2,1-3H3. The number of nitrogens with zero attached hydrogens (tertiary/aromatic N) is 3. The van der Waals surface area contributed by atoms with Crippen LogP contribution < -0.4 is 0 Å². The van der Waals surface area contributed by atoms with Gasteiger partial charge in [-0.05, 0) is 44.5 Å². The third-order valence-electron chi connectivity index (χ3n) is 4.06. The third-order valence-corrected chi connectivity index (χ3v) is 4.29. The predicted molar refractivity (Wildman–Crippen MR) is 99.3 cm³/mol. The Morgan fingerprint density at radius 1 is 1.36 bits per heavy atom. The zero-order chi connectivity index (χ0) is 18.0. The molecule has 1 aromatic carbocycles. The van der Waals surface area contributed by atoms with E-state index in [0.29, 0.717) is 18.1 Å². The Kier molecular flexibility index (Phi) is 4.95. The molecule has 5 nitrogen and oxygen atoms in total. The molecule has 0 radical (unpaired) electrons. The highest BCUT2D eigenvalue weighted by molar-refractivity contribution is 6.31. The van der Waals surface area contributed by atoms with Gasteiger partial charge in [0.15, 0.2) is 0 Å². The average Bonchev–Trinajstić information content (AvgIpc) is 3.08. The molecule has 0 atom stereocenters. The highest BCUT2D eigenvalue weighted by Gasteiger charge is 2.16. The molecular formula is C19H20ClN3O2. The Morgan fingerprint density at radius 3 is 2.92 bits per heavy atom. The van der Waals surface area contributed by atoms with Crippen molar-refractivity contribution in [1.29, 1.82) is 0 Å². The van der Waals surface area contributed by atoms with Gasteiger partial charge < -0.3 is 9.30 Å². The fraction of sp³-hybridized carbons (Fsp3) is 0.263. The van der Waals surface area contributed by atoms with Crippen molar-refractivity contribution in [2.75, 3.05) is 6.61 Å². The number of allylic oxidation sites excluding steroid dienone is 1. The quantitative estimate of drug-likeness (QED) is 0.512. The van der Waals surface area contributed by atoms with Crippen molar-refractivity contribution in [2.24, 2.45) is 7.05 Å². The Hall–Kier alpha value is -2.53. The molecule has 0 aliphatic rings. The summed E-state index contributed by atoms with van der Waals surface area (Å²) in [7, 11) is 1.92. The summed E-state index contributed by atoms with van der Waals surface area (Å²) < 4.78 is 8.88. The lowest BCUT2D eigenvalue weighted by Gasteiger charge is -2.09. The number of fused-ring (bicyclic) bond motifs is 1. The highest BCUT2D eigenvalue weighted by atomic mass is 35.5. The normalized spacial score (nSPS) is 11.5. The number of aromatic nitrogens is 3. The largest absolute Gasteiger partial charge is 0.463 e. The second-order valence-corrected chi connectivity index (χ2v) is 6.20. The summed E-state index contributed by atoms with van der Waals surface area (Å²) in [6.45, 7) is 4.14. The van der Waals surface area contributed by atoms with E-state index in [9.17, 15) is 4.79 Å². The zero-order valence-electron chi connectivity index (χ0n) is 14.5. The van der Waals surface area contributed by atoms with Crippen molar-refractivity contribution in [3.8, 4) is 5.82 Å². The molecule has 0 N–H and O–H groups in total. The van der Waals surface area contributed by atoms with Crippen molar-refractivity contribution in [2.45, 2.75) is 20.3 Å². The number of carbonyl (C=O) groups excluding carboxylic acids is 1. The van der Waals surface area contributed by atoms with Gasteiger partial charge in [-0.1, -0.05) is 17.7 Å². The average molecular weight is 358 g/mol. The van der Waals surface area contributed by atoms with E-state index in [1.165, 1.54) is 6.08 Å². The van der Waals surface area contributed by atoms with Crippen LogP contribution in [-0.4, -0.2) is 26.9 Å². The molecule has 6 heteroatoms. The molecule has 3 aromatic rings. The smallest absolute Gasteiger partial charge is 0.330 e. The highest BCUT2D eigenvalue weighted by Crippen LogP contribution is 2.26. The summed E-state index contributed by atoms with van der Waals surface area (Å²) in [5, 5.41) is 6.33. The first-order valence-corrected chi connectivity index (χ1v) is 8.51. The predicted octanol–water partition coefficient (Wildman–Crippen LogP) is 3.99. The Labute approximate surface area is 151 Å². The number of hydrogen-bond donors (Lipinski definition) is 0. The maximum Gasteiger partial charge on any atom is 0.330 e. The van der Waals surface area contributed by atoms with Crippen LogP contribution in [0, 0.1) is 6.92 Å². The van der Waals surface area contributed by atoms with E-state index in [1.807, 2.05) is 55.2 Å². The van der Waals surface area contributed by atoms with Crippen LogP contribution in [0.3, 0.4) is 0 Å². The molecule has 0 aliphatic heterocycles. The molecule has 25 heavy (non-hydrogen) atoms. The van der Waals surface area contributed by atoms with E-state index in [4.69, 9.17) is 16.3 Å². The fourth-order valence-corrected chi connectivity index (χ4v) is 3.17. The van der Waals surface area contributed by atoms with Crippen LogP contribution in [-0.2, 0) is 23.0 Å². The number of benzene rings is 1. The second-order valence-electron chi connectivity index (χ2n) is 5.76. The van der Waals surface area contributed by atoms with Crippen LogP contribution in [0.25, 0.3) is 16.7 Å². The van der Waals surface area contributed by atoms with Crippen LogP contribution in [0.1, 0.15) is 18.2 Å². The molecule has 0 aliphatic carbocycles. The molecule has 0 saturated heterocycles. The van der Waals surface area contributed by atoms with E-state index in [1.54, 1.807) is 6.92 Å². The molecule has 130 valence electrons. The molecule has 2 aromatic heterocycles. The van der Waals surface area contributed by atoms with Gasteiger partial charge in [0.1, 0.15) is 5.82 Å². The number of esters is 1. The van der Waals surface area contributed by atoms with Crippen LogP contribution in [0.15, 0.2) is 42.6 Å². The molecule has 3 rings (SSSR count). The molecule has 0 spiro atoms. The van der Waals surface area contributed by atoms with E-state index in [2.05, 4.69) is 9.67 Å². The first-order chi connectivity index (χ1) is 12.0. The number of halogens is 1.